The van der Waals surface area contributed by atoms with Gasteiger partial charge in [0.25, 0.3) is 0 Å². The molecule has 100 valence electrons. The van der Waals surface area contributed by atoms with Crippen molar-refractivity contribution in [1.29, 1.82) is 0 Å². The number of carbonyl (C=O) groups is 1. The zero-order valence-corrected chi connectivity index (χ0v) is 11.6. The standard InChI is InChI=1S/C14H27NO2/c1-4-5-6-7-10-14(2,3)17-13(16)15-11-8-9-12-15/h4-12H2,1-3H3. The summed E-state index contributed by atoms with van der Waals surface area (Å²) in [7, 11) is 0. The molecule has 0 saturated carbocycles. The van der Waals surface area contributed by atoms with E-state index in [4.69, 9.17) is 4.74 Å². The summed E-state index contributed by atoms with van der Waals surface area (Å²) in [6, 6.07) is 0. The highest BCUT2D eigenvalue weighted by atomic mass is 16.6. The second-order valence-corrected chi connectivity index (χ2v) is 5.63. The molecule has 3 nitrogen and oxygen atoms in total. The highest BCUT2D eigenvalue weighted by Crippen LogP contribution is 2.21. The van der Waals surface area contributed by atoms with Gasteiger partial charge in [-0.15, -0.1) is 0 Å². The minimum absolute atomic E-state index is 0.122. The van der Waals surface area contributed by atoms with E-state index < -0.39 is 0 Å². The molecule has 1 amide bonds. The maximum absolute atomic E-state index is 11.9. The summed E-state index contributed by atoms with van der Waals surface area (Å²) in [4.78, 5) is 13.7. The molecule has 1 heterocycles. The predicted octanol–water partition coefficient (Wildman–Crippen LogP) is 3.97. The molecule has 1 fully saturated rings. The van der Waals surface area contributed by atoms with Crippen molar-refractivity contribution in [1.82, 2.24) is 4.90 Å². The van der Waals surface area contributed by atoms with Crippen LogP contribution in [0.3, 0.4) is 0 Å². The van der Waals surface area contributed by atoms with Crippen LogP contribution in [-0.4, -0.2) is 29.7 Å². The summed E-state index contributed by atoms with van der Waals surface area (Å²) < 4.78 is 5.59. The van der Waals surface area contributed by atoms with Crippen LogP contribution < -0.4 is 0 Å². The Morgan fingerprint density at radius 1 is 1.18 bits per heavy atom. The molecule has 0 aromatic heterocycles. The third-order valence-corrected chi connectivity index (χ3v) is 3.36. The first-order valence-corrected chi connectivity index (χ1v) is 7.03. The lowest BCUT2D eigenvalue weighted by Crippen LogP contribution is -2.36. The van der Waals surface area contributed by atoms with Crippen LogP contribution >= 0.6 is 0 Å². The second-order valence-electron chi connectivity index (χ2n) is 5.63. The third kappa shape index (κ3) is 5.42. The largest absolute Gasteiger partial charge is 0.443 e. The monoisotopic (exact) mass is 241 g/mol. The molecule has 0 unspecified atom stereocenters. The maximum Gasteiger partial charge on any atom is 0.410 e. The van der Waals surface area contributed by atoms with E-state index in [1.807, 2.05) is 18.7 Å². The molecule has 0 aromatic carbocycles. The smallest absolute Gasteiger partial charge is 0.410 e. The van der Waals surface area contributed by atoms with Gasteiger partial charge in [-0.2, -0.15) is 0 Å². The minimum Gasteiger partial charge on any atom is -0.443 e. The Balaban J connectivity index is 2.24. The fourth-order valence-corrected chi connectivity index (χ4v) is 2.23. The van der Waals surface area contributed by atoms with Crippen molar-refractivity contribution in [3.8, 4) is 0 Å². The van der Waals surface area contributed by atoms with E-state index in [-0.39, 0.29) is 11.7 Å². The minimum atomic E-state index is -0.312. The van der Waals surface area contributed by atoms with Crippen LogP contribution in [0.1, 0.15) is 65.7 Å². The van der Waals surface area contributed by atoms with Gasteiger partial charge < -0.3 is 9.64 Å². The Kier molecular flexibility index (Phi) is 5.79. The Morgan fingerprint density at radius 2 is 1.82 bits per heavy atom. The van der Waals surface area contributed by atoms with E-state index in [1.165, 1.54) is 19.3 Å². The van der Waals surface area contributed by atoms with E-state index in [2.05, 4.69) is 6.92 Å². The summed E-state index contributed by atoms with van der Waals surface area (Å²) in [5, 5.41) is 0. The Bertz CT molecular complexity index is 232. The summed E-state index contributed by atoms with van der Waals surface area (Å²) >= 11 is 0. The van der Waals surface area contributed by atoms with Gasteiger partial charge in [-0.25, -0.2) is 4.79 Å². The average molecular weight is 241 g/mol. The van der Waals surface area contributed by atoms with Gasteiger partial charge in [0.2, 0.25) is 0 Å². The highest BCUT2D eigenvalue weighted by Gasteiger charge is 2.27. The Labute approximate surface area is 106 Å². The van der Waals surface area contributed by atoms with Crippen LogP contribution in [0.5, 0.6) is 0 Å². The van der Waals surface area contributed by atoms with Gasteiger partial charge >= 0.3 is 6.09 Å². The number of rotatable bonds is 6. The lowest BCUT2D eigenvalue weighted by Gasteiger charge is -2.28. The topological polar surface area (TPSA) is 29.5 Å². The Hall–Kier alpha value is -0.730. The zero-order valence-electron chi connectivity index (χ0n) is 11.6. The molecule has 0 atom stereocenters. The molecule has 1 saturated heterocycles. The summed E-state index contributed by atoms with van der Waals surface area (Å²) in [5.74, 6) is 0. The number of hydrogen-bond acceptors (Lipinski definition) is 2. The number of hydrogen-bond donors (Lipinski definition) is 0. The van der Waals surface area contributed by atoms with Gasteiger partial charge in [0, 0.05) is 13.1 Å². The van der Waals surface area contributed by atoms with Crippen molar-refractivity contribution in [3.63, 3.8) is 0 Å². The molecular formula is C14H27NO2. The van der Waals surface area contributed by atoms with Gasteiger partial charge in [-0.3, -0.25) is 0 Å². The first-order chi connectivity index (χ1) is 8.05. The van der Waals surface area contributed by atoms with E-state index in [0.717, 1.165) is 38.8 Å². The Morgan fingerprint density at radius 3 is 2.41 bits per heavy atom. The summed E-state index contributed by atoms with van der Waals surface area (Å²) in [6.07, 6.45) is 7.98. The molecule has 1 aliphatic heterocycles. The van der Waals surface area contributed by atoms with Gasteiger partial charge in [0.1, 0.15) is 5.60 Å². The molecular weight excluding hydrogens is 214 g/mol. The number of unbranched alkanes of at least 4 members (excludes halogenated alkanes) is 3. The van der Waals surface area contributed by atoms with Gasteiger partial charge in [-0.1, -0.05) is 26.2 Å². The fourth-order valence-electron chi connectivity index (χ4n) is 2.23. The van der Waals surface area contributed by atoms with Crippen molar-refractivity contribution in [2.45, 2.75) is 71.3 Å². The van der Waals surface area contributed by atoms with E-state index in [1.54, 1.807) is 0 Å². The van der Waals surface area contributed by atoms with Crippen molar-refractivity contribution in [2.75, 3.05) is 13.1 Å². The van der Waals surface area contributed by atoms with E-state index >= 15 is 0 Å². The molecule has 3 heteroatoms. The lowest BCUT2D eigenvalue weighted by molar-refractivity contribution is 0.0108. The van der Waals surface area contributed by atoms with Crippen molar-refractivity contribution in [3.05, 3.63) is 0 Å². The number of likely N-dealkylation sites (tertiary alicyclic amines) is 1. The van der Waals surface area contributed by atoms with Crippen molar-refractivity contribution < 1.29 is 9.53 Å². The first kappa shape index (κ1) is 14.3. The lowest BCUT2D eigenvalue weighted by atomic mass is 10.00. The van der Waals surface area contributed by atoms with Gasteiger partial charge in [0.15, 0.2) is 0 Å². The fraction of sp³-hybridized carbons (Fsp3) is 0.929. The number of carbonyl (C=O) groups excluding carboxylic acids is 1. The quantitative estimate of drug-likeness (QED) is 0.659. The third-order valence-electron chi connectivity index (χ3n) is 3.36. The highest BCUT2D eigenvalue weighted by molar-refractivity contribution is 5.68. The normalized spacial score (nSPS) is 16.3. The van der Waals surface area contributed by atoms with Crippen LogP contribution in [-0.2, 0) is 4.74 Å². The van der Waals surface area contributed by atoms with Crippen molar-refractivity contribution >= 4 is 6.09 Å². The van der Waals surface area contributed by atoms with Crippen LogP contribution in [0, 0.1) is 0 Å². The summed E-state index contributed by atoms with van der Waals surface area (Å²) in [6.45, 7) is 7.98. The molecule has 0 aromatic rings. The van der Waals surface area contributed by atoms with Crippen LogP contribution in [0.25, 0.3) is 0 Å². The van der Waals surface area contributed by atoms with Gasteiger partial charge in [-0.05, 0) is 39.5 Å². The van der Waals surface area contributed by atoms with Crippen molar-refractivity contribution in [2.24, 2.45) is 0 Å². The van der Waals surface area contributed by atoms with Gasteiger partial charge in [0.05, 0.1) is 0 Å². The molecule has 0 bridgehead atoms. The first-order valence-electron chi connectivity index (χ1n) is 7.03. The molecule has 1 aliphatic rings. The van der Waals surface area contributed by atoms with Crippen LogP contribution in [0.2, 0.25) is 0 Å². The second kappa shape index (κ2) is 6.87. The van der Waals surface area contributed by atoms with E-state index in [0.29, 0.717) is 0 Å². The van der Waals surface area contributed by atoms with E-state index in [9.17, 15) is 4.79 Å². The molecule has 0 radical (unpaired) electrons. The zero-order chi connectivity index (χ0) is 12.7. The number of ether oxygens (including phenoxy) is 1. The molecule has 1 rings (SSSR count). The molecule has 0 spiro atoms. The maximum atomic E-state index is 11.9. The molecule has 0 N–H and O–H groups in total. The number of amides is 1. The summed E-state index contributed by atoms with van der Waals surface area (Å²) in [5.41, 5.74) is -0.312. The predicted molar refractivity (Wildman–Crippen MR) is 70.1 cm³/mol. The average Bonchev–Trinajstić information content (AvgIpc) is 2.77. The molecule has 0 aliphatic carbocycles. The molecule has 17 heavy (non-hydrogen) atoms. The number of nitrogens with zero attached hydrogens (tertiary/aromatic N) is 1. The SMILES string of the molecule is CCCCCCC(C)(C)OC(=O)N1CCCC1. The van der Waals surface area contributed by atoms with Crippen LogP contribution in [0.15, 0.2) is 0 Å². The van der Waals surface area contributed by atoms with Crippen LogP contribution in [0.4, 0.5) is 4.79 Å².